The van der Waals surface area contributed by atoms with Gasteiger partial charge < -0.3 is 5.11 Å². The summed E-state index contributed by atoms with van der Waals surface area (Å²) in [6.45, 7) is 6.23. The van der Waals surface area contributed by atoms with Crippen LogP contribution in [-0.4, -0.2) is 19.1 Å². The number of rotatable bonds is 5. The summed E-state index contributed by atoms with van der Waals surface area (Å²) in [5.41, 5.74) is -0.199. The molecule has 17 heavy (non-hydrogen) atoms. The summed E-state index contributed by atoms with van der Waals surface area (Å²) in [5, 5.41) is 9.62. The average molecular weight is 254 g/mol. The van der Waals surface area contributed by atoms with E-state index < -0.39 is 19.9 Å². The Hall–Kier alpha value is -1.16. The van der Waals surface area contributed by atoms with Gasteiger partial charge >= 0.3 is 5.97 Å². The standard InChI is InChI=1S/C13H19FO2Si/c1-4-17(5-2,6-3)11-9-7-8-10(12(11)14)13(15)16/h7-9H,4-6H2,1-3H3,(H,15,16). The highest BCUT2D eigenvalue weighted by molar-refractivity contribution is 6.91. The second-order valence-corrected chi connectivity index (χ2v) is 9.53. The van der Waals surface area contributed by atoms with Gasteiger partial charge in [-0.1, -0.05) is 51.0 Å². The molecule has 4 heteroatoms. The number of carbonyl (C=O) groups is 1. The largest absolute Gasteiger partial charge is 0.478 e. The van der Waals surface area contributed by atoms with Gasteiger partial charge in [-0.05, 0) is 11.3 Å². The van der Waals surface area contributed by atoms with Crippen LogP contribution in [0, 0.1) is 5.82 Å². The lowest BCUT2D eigenvalue weighted by Gasteiger charge is -2.29. The molecule has 1 rings (SSSR count). The molecule has 0 saturated heterocycles. The molecular formula is C13H19FO2Si. The predicted octanol–water partition coefficient (Wildman–Crippen LogP) is 3.24. The van der Waals surface area contributed by atoms with E-state index >= 15 is 0 Å². The van der Waals surface area contributed by atoms with Crippen molar-refractivity contribution in [1.82, 2.24) is 0 Å². The highest BCUT2D eigenvalue weighted by Crippen LogP contribution is 2.22. The van der Waals surface area contributed by atoms with Crippen LogP contribution < -0.4 is 5.19 Å². The van der Waals surface area contributed by atoms with E-state index in [4.69, 9.17) is 5.11 Å². The molecule has 1 aromatic carbocycles. The van der Waals surface area contributed by atoms with E-state index in [1.165, 1.54) is 6.07 Å². The highest BCUT2D eigenvalue weighted by Gasteiger charge is 2.33. The number of hydrogen-bond donors (Lipinski definition) is 1. The lowest BCUT2D eigenvalue weighted by Crippen LogP contribution is -2.48. The van der Waals surface area contributed by atoms with E-state index in [0.717, 1.165) is 18.1 Å². The van der Waals surface area contributed by atoms with E-state index in [1.807, 2.05) is 0 Å². The van der Waals surface area contributed by atoms with Crippen LogP contribution in [0.3, 0.4) is 0 Å². The first-order valence-corrected chi connectivity index (χ1v) is 8.66. The summed E-state index contributed by atoms with van der Waals surface area (Å²) >= 11 is 0. The quantitative estimate of drug-likeness (QED) is 0.819. The number of carboxylic acid groups (broad SMARTS) is 1. The van der Waals surface area contributed by atoms with Gasteiger partial charge in [-0.2, -0.15) is 0 Å². The molecular weight excluding hydrogens is 235 g/mol. The number of benzene rings is 1. The van der Waals surface area contributed by atoms with Crippen LogP contribution in [0.1, 0.15) is 31.1 Å². The van der Waals surface area contributed by atoms with Crippen molar-refractivity contribution in [2.24, 2.45) is 0 Å². The molecule has 0 spiro atoms. The van der Waals surface area contributed by atoms with Crippen molar-refractivity contribution in [2.45, 2.75) is 38.9 Å². The third-order valence-corrected chi connectivity index (χ3v) is 9.42. The summed E-state index contributed by atoms with van der Waals surface area (Å²) in [5.74, 6) is -1.70. The average Bonchev–Trinajstić information content (AvgIpc) is 2.33. The van der Waals surface area contributed by atoms with Gasteiger partial charge in [-0.15, -0.1) is 0 Å². The summed E-state index contributed by atoms with van der Waals surface area (Å²) in [6, 6.07) is 7.59. The molecule has 1 aromatic rings. The van der Waals surface area contributed by atoms with E-state index in [9.17, 15) is 9.18 Å². The Morgan fingerprint density at radius 3 is 2.18 bits per heavy atom. The molecule has 0 aliphatic heterocycles. The molecule has 0 aliphatic rings. The summed E-state index contributed by atoms with van der Waals surface area (Å²) < 4.78 is 14.2. The minimum absolute atomic E-state index is 0.199. The predicted molar refractivity (Wildman–Crippen MR) is 70.2 cm³/mol. The van der Waals surface area contributed by atoms with Gasteiger partial charge in [0.2, 0.25) is 0 Å². The molecule has 0 amide bonds. The van der Waals surface area contributed by atoms with Crippen LogP contribution in [0.5, 0.6) is 0 Å². The van der Waals surface area contributed by atoms with Crippen LogP contribution in [0.25, 0.3) is 0 Å². The van der Waals surface area contributed by atoms with Gasteiger partial charge in [0.15, 0.2) is 0 Å². The van der Waals surface area contributed by atoms with Crippen molar-refractivity contribution in [1.29, 1.82) is 0 Å². The topological polar surface area (TPSA) is 37.3 Å². The molecule has 0 heterocycles. The third kappa shape index (κ3) is 2.41. The minimum Gasteiger partial charge on any atom is -0.478 e. The van der Waals surface area contributed by atoms with Crippen molar-refractivity contribution in [3.63, 3.8) is 0 Å². The molecule has 94 valence electrons. The third-order valence-electron chi connectivity index (χ3n) is 3.83. The Balaban J connectivity index is 3.40. The molecule has 0 aromatic heterocycles. The van der Waals surface area contributed by atoms with Crippen molar-refractivity contribution < 1.29 is 14.3 Å². The number of carboxylic acids is 1. The Kier molecular flexibility index (Phi) is 4.45. The first-order valence-electron chi connectivity index (χ1n) is 6.04. The number of halogens is 1. The molecule has 2 nitrogen and oxygen atoms in total. The van der Waals surface area contributed by atoms with Gasteiger partial charge in [-0.3, -0.25) is 0 Å². The fraction of sp³-hybridized carbons (Fsp3) is 0.462. The van der Waals surface area contributed by atoms with Gasteiger partial charge in [0.25, 0.3) is 0 Å². The summed E-state index contributed by atoms with van der Waals surface area (Å²) in [4.78, 5) is 10.9. The summed E-state index contributed by atoms with van der Waals surface area (Å²) in [7, 11) is -1.85. The van der Waals surface area contributed by atoms with Crippen molar-refractivity contribution in [2.75, 3.05) is 0 Å². The number of hydrogen-bond acceptors (Lipinski definition) is 1. The van der Waals surface area contributed by atoms with Crippen LogP contribution in [0.15, 0.2) is 18.2 Å². The van der Waals surface area contributed by atoms with Crippen molar-refractivity contribution >= 4 is 19.2 Å². The first-order chi connectivity index (χ1) is 8.02. The smallest absolute Gasteiger partial charge is 0.338 e. The zero-order chi connectivity index (χ0) is 13.1. The van der Waals surface area contributed by atoms with Gasteiger partial charge in [0.1, 0.15) is 5.82 Å². The Bertz CT molecular complexity index is 406. The zero-order valence-corrected chi connectivity index (χ0v) is 11.6. The maximum atomic E-state index is 14.2. The monoisotopic (exact) mass is 254 g/mol. The molecule has 0 radical (unpaired) electrons. The van der Waals surface area contributed by atoms with Gasteiger partial charge in [-0.25, -0.2) is 9.18 Å². The van der Waals surface area contributed by atoms with E-state index in [2.05, 4.69) is 20.8 Å². The molecule has 0 unspecified atom stereocenters. The Morgan fingerprint density at radius 2 is 1.76 bits per heavy atom. The van der Waals surface area contributed by atoms with E-state index in [0.29, 0.717) is 5.19 Å². The zero-order valence-electron chi connectivity index (χ0n) is 10.6. The van der Waals surface area contributed by atoms with Gasteiger partial charge in [0.05, 0.1) is 13.6 Å². The maximum Gasteiger partial charge on any atom is 0.338 e. The number of aromatic carboxylic acids is 1. The van der Waals surface area contributed by atoms with Crippen molar-refractivity contribution in [3.8, 4) is 0 Å². The fourth-order valence-electron chi connectivity index (χ4n) is 2.43. The van der Waals surface area contributed by atoms with Crippen LogP contribution >= 0.6 is 0 Å². The second kappa shape index (κ2) is 5.45. The SMILES string of the molecule is CC[Si](CC)(CC)c1cccc(C(=O)O)c1F. The normalized spacial score (nSPS) is 11.5. The molecule has 0 atom stereocenters. The molecule has 0 aliphatic carbocycles. The Labute approximate surface area is 102 Å². The Morgan fingerprint density at radius 1 is 1.24 bits per heavy atom. The molecule has 0 bridgehead atoms. The molecule has 0 saturated carbocycles. The molecule has 0 fully saturated rings. The highest BCUT2D eigenvalue weighted by atomic mass is 28.3. The first kappa shape index (κ1) is 13.9. The lowest BCUT2D eigenvalue weighted by atomic mass is 10.2. The maximum absolute atomic E-state index is 14.2. The van der Waals surface area contributed by atoms with Gasteiger partial charge in [0, 0.05) is 0 Å². The lowest BCUT2D eigenvalue weighted by molar-refractivity contribution is 0.0692. The van der Waals surface area contributed by atoms with Crippen LogP contribution in [0.2, 0.25) is 18.1 Å². The summed E-state index contributed by atoms with van der Waals surface area (Å²) in [6.07, 6.45) is 0. The fourth-order valence-corrected chi connectivity index (χ4v) is 6.12. The van der Waals surface area contributed by atoms with E-state index in [-0.39, 0.29) is 5.56 Å². The van der Waals surface area contributed by atoms with Crippen molar-refractivity contribution in [3.05, 3.63) is 29.6 Å². The molecule has 1 N–H and O–H groups in total. The second-order valence-electron chi connectivity index (χ2n) is 4.31. The minimum atomic E-state index is -1.85. The van der Waals surface area contributed by atoms with Crippen LogP contribution in [0.4, 0.5) is 4.39 Å². The van der Waals surface area contributed by atoms with Crippen LogP contribution in [-0.2, 0) is 0 Å². The van der Waals surface area contributed by atoms with E-state index in [1.54, 1.807) is 12.1 Å².